The van der Waals surface area contributed by atoms with E-state index in [0.717, 1.165) is 11.3 Å². The molecule has 84 valence electrons. The summed E-state index contributed by atoms with van der Waals surface area (Å²) in [6, 6.07) is 0. The highest BCUT2D eigenvalue weighted by Crippen LogP contribution is 2.15. The minimum Gasteiger partial charge on any atom is -0.370 e. The van der Waals surface area contributed by atoms with E-state index in [4.69, 9.17) is 5.73 Å². The van der Waals surface area contributed by atoms with E-state index in [2.05, 4.69) is 4.99 Å². The Morgan fingerprint density at radius 2 is 1.93 bits per heavy atom. The summed E-state index contributed by atoms with van der Waals surface area (Å²) in [6.45, 7) is 3.12. The van der Waals surface area contributed by atoms with Gasteiger partial charge in [0, 0.05) is 13.1 Å². The van der Waals surface area contributed by atoms with Gasteiger partial charge in [-0.2, -0.15) is 13.2 Å². The molecule has 0 rings (SSSR count). The highest BCUT2D eigenvalue weighted by molar-refractivity contribution is 5.78. The van der Waals surface area contributed by atoms with Crippen LogP contribution in [0.2, 0.25) is 0 Å². The van der Waals surface area contributed by atoms with Gasteiger partial charge in [-0.3, -0.25) is 4.99 Å². The molecule has 0 bridgehead atoms. The standard InChI is InChI=1S/C8H16F3N3/c1-3-5-13-7(12)14(4-2)6-8(9,10)11/h3-6H2,1-2H3,(H2,12,13). The number of alkyl halides is 3. The normalized spacial score (nSPS) is 13.1. The molecule has 0 amide bonds. The first-order valence-electron chi connectivity index (χ1n) is 4.52. The van der Waals surface area contributed by atoms with E-state index in [1.165, 1.54) is 0 Å². The lowest BCUT2D eigenvalue weighted by Crippen LogP contribution is -2.43. The van der Waals surface area contributed by atoms with Gasteiger partial charge >= 0.3 is 6.18 Å². The zero-order chi connectivity index (χ0) is 11.2. The second-order valence-electron chi connectivity index (χ2n) is 2.87. The molecule has 0 aromatic heterocycles. The summed E-state index contributed by atoms with van der Waals surface area (Å²) in [4.78, 5) is 4.83. The topological polar surface area (TPSA) is 41.6 Å². The molecule has 0 saturated heterocycles. The molecule has 2 N–H and O–H groups in total. The van der Waals surface area contributed by atoms with Gasteiger partial charge in [-0.25, -0.2) is 0 Å². The minimum absolute atomic E-state index is 0.0355. The van der Waals surface area contributed by atoms with Gasteiger partial charge in [-0.05, 0) is 13.3 Å². The van der Waals surface area contributed by atoms with Crippen LogP contribution in [0.4, 0.5) is 13.2 Å². The molecule has 0 unspecified atom stereocenters. The fourth-order valence-corrected chi connectivity index (χ4v) is 0.898. The Morgan fingerprint density at radius 3 is 2.29 bits per heavy atom. The number of hydrogen-bond acceptors (Lipinski definition) is 1. The van der Waals surface area contributed by atoms with E-state index < -0.39 is 12.7 Å². The lowest BCUT2D eigenvalue weighted by Gasteiger charge is -2.22. The third-order valence-corrected chi connectivity index (χ3v) is 1.57. The second-order valence-corrected chi connectivity index (χ2v) is 2.87. The first-order chi connectivity index (χ1) is 6.40. The number of halogens is 3. The van der Waals surface area contributed by atoms with Crippen molar-refractivity contribution < 1.29 is 13.2 Å². The van der Waals surface area contributed by atoms with Gasteiger partial charge in [0.15, 0.2) is 5.96 Å². The van der Waals surface area contributed by atoms with Crippen LogP contribution >= 0.6 is 0 Å². The Balaban J connectivity index is 4.26. The summed E-state index contributed by atoms with van der Waals surface area (Å²) in [5.74, 6) is -0.0355. The smallest absolute Gasteiger partial charge is 0.370 e. The van der Waals surface area contributed by atoms with Crippen LogP contribution in [0.1, 0.15) is 20.3 Å². The van der Waals surface area contributed by atoms with Gasteiger partial charge in [0.25, 0.3) is 0 Å². The Bertz CT molecular complexity index is 189. The molecule has 0 aliphatic heterocycles. The third-order valence-electron chi connectivity index (χ3n) is 1.57. The summed E-state index contributed by atoms with van der Waals surface area (Å²) in [7, 11) is 0. The van der Waals surface area contributed by atoms with E-state index in [0.29, 0.717) is 6.54 Å². The zero-order valence-corrected chi connectivity index (χ0v) is 8.43. The fraction of sp³-hybridized carbons (Fsp3) is 0.875. The van der Waals surface area contributed by atoms with E-state index in [1.807, 2.05) is 6.92 Å². The Kier molecular flexibility index (Phi) is 5.34. The summed E-state index contributed by atoms with van der Waals surface area (Å²) < 4.78 is 36.1. The van der Waals surface area contributed by atoms with Crippen molar-refractivity contribution in [2.45, 2.75) is 26.4 Å². The molecule has 6 heteroatoms. The predicted octanol–water partition coefficient (Wildman–Crippen LogP) is 1.60. The zero-order valence-electron chi connectivity index (χ0n) is 8.43. The Labute approximate surface area is 81.8 Å². The van der Waals surface area contributed by atoms with Crippen LogP contribution < -0.4 is 5.73 Å². The Morgan fingerprint density at radius 1 is 1.36 bits per heavy atom. The molecule has 0 aliphatic rings. The van der Waals surface area contributed by atoms with Crippen molar-refractivity contribution in [3.05, 3.63) is 0 Å². The summed E-state index contributed by atoms with van der Waals surface area (Å²) in [6.07, 6.45) is -3.47. The van der Waals surface area contributed by atoms with Crippen LogP contribution in [-0.4, -0.2) is 36.7 Å². The number of aliphatic imine (C=N–C) groups is 1. The fourth-order valence-electron chi connectivity index (χ4n) is 0.898. The molecule has 0 atom stereocenters. The number of guanidine groups is 1. The van der Waals surface area contributed by atoms with Crippen LogP contribution in [-0.2, 0) is 0 Å². The van der Waals surface area contributed by atoms with E-state index >= 15 is 0 Å². The van der Waals surface area contributed by atoms with Crippen molar-refractivity contribution in [3.8, 4) is 0 Å². The summed E-state index contributed by atoms with van der Waals surface area (Å²) in [5.41, 5.74) is 5.40. The highest BCUT2D eigenvalue weighted by Gasteiger charge is 2.30. The van der Waals surface area contributed by atoms with Crippen molar-refractivity contribution >= 4 is 5.96 Å². The average molecular weight is 211 g/mol. The van der Waals surface area contributed by atoms with Crippen molar-refractivity contribution in [2.24, 2.45) is 10.7 Å². The third kappa shape index (κ3) is 5.66. The molecule has 0 aromatic rings. The monoisotopic (exact) mass is 211 g/mol. The quantitative estimate of drug-likeness (QED) is 0.566. The van der Waals surface area contributed by atoms with Gasteiger partial charge in [0.2, 0.25) is 0 Å². The summed E-state index contributed by atoms with van der Waals surface area (Å²) in [5, 5.41) is 0. The Hall–Kier alpha value is -0.940. The first kappa shape index (κ1) is 13.1. The maximum absolute atomic E-state index is 12.0. The lowest BCUT2D eigenvalue weighted by molar-refractivity contribution is -0.137. The number of nitrogens with two attached hydrogens (primary N) is 1. The SMILES string of the molecule is CCCN=C(N)N(CC)CC(F)(F)F. The largest absolute Gasteiger partial charge is 0.406 e. The average Bonchev–Trinajstić information content (AvgIpc) is 2.08. The van der Waals surface area contributed by atoms with Crippen LogP contribution in [0.3, 0.4) is 0 Å². The van der Waals surface area contributed by atoms with Gasteiger partial charge in [-0.15, -0.1) is 0 Å². The van der Waals surface area contributed by atoms with Crippen LogP contribution in [0.5, 0.6) is 0 Å². The maximum atomic E-state index is 12.0. The molecule has 0 fully saturated rings. The first-order valence-corrected chi connectivity index (χ1v) is 4.52. The molecule has 0 saturated carbocycles. The minimum atomic E-state index is -4.23. The predicted molar refractivity (Wildman–Crippen MR) is 50.1 cm³/mol. The molecule has 0 aromatic carbocycles. The molecule has 0 aliphatic carbocycles. The summed E-state index contributed by atoms with van der Waals surface area (Å²) >= 11 is 0. The van der Waals surface area contributed by atoms with Crippen molar-refractivity contribution in [1.82, 2.24) is 4.90 Å². The van der Waals surface area contributed by atoms with Gasteiger partial charge in [-0.1, -0.05) is 6.92 Å². The molecule has 14 heavy (non-hydrogen) atoms. The molecule has 3 nitrogen and oxygen atoms in total. The second kappa shape index (κ2) is 5.72. The van der Waals surface area contributed by atoms with E-state index in [1.54, 1.807) is 6.92 Å². The molecule has 0 spiro atoms. The number of hydrogen-bond donors (Lipinski definition) is 1. The number of nitrogens with zero attached hydrogens (tertiary/aromatic N) is 2. The van der Waals surface area contributed by atoms with Crippen LogP contribution in [0.15, 0.2) is 4.99 Å². The van der Waals surface area contributed by atoms with Gasteiger partial charge in [0.05, 0.1) is 0 Å². The van der Waals surface area contributed by atoms with Gasteiger partial charge < -0.3 is 10.6 Å². The van der Waals surface area contributed by atoms with Gasteiger partial charge in [0.1, 0.15) is 6.54 Å². The lowest BCUT2D eigenvalue weighted by atomic mass is 10.5. The molecular formula is C8H16F3N3. The van der Waals surface area contributed by atoms with E-state index in [-0.39, 0.29) is 12.5 Å². The maximum Gasteiger partial charge on any atom is 0.406 e. The van der Waals surface area contributed by atoms with Crippen LogP contribution in [0.25, 0.3) is 0 Å². The highest BCUT2D eigenvalue weighted by atomic mass is 19.4. The molecule has 0 heterocycles. The van der Waals surface area contributed by atoms with E-state index in [9.17, 15) is 13.2 Å². The number of rotatable bonds is 4. The van der Waals surface area contributed by atoms with Crippen molar-refractivity contribution in [1.29, 1.82) is 0 Å². The van der Waals surface area contributed by atoms with Crippen molar-refractivity contribution in [3.63, 3.8) is 0 Å². The van der Waals surface area contributed by atoms with Crippen molar-refractivity contribution in [2.75, 3.05) is 19.6 Å². The molecule has 0 radical (unpaired) electrons. The van der Waals surface area contributed by atoms with Crippen LogP contribution in [0, 0.1) is 0 Å². The molecular weight excluding hydrogens is 195 g/mol.